The van der Waals surface area contributed by atoms with Crippen molar-refractivity contribution < 1.29 is 4.79 Å². The molecule has 0 aliphatic carbocycles. The molecule has 1 saturated heterocycles. The summed E-state index contributed by atoms with van der Waals surface area (Å²) in [6.07, 6.45) is 4.03. The average molecular weight is 377 g/mol. The van der Waals surface area contributed by atoms with E-state index in [-0.39, 0.29) is 12.4 Å². The summed E-state index contributed by atoms with van der Waals surface area (Å²) in [5.41, 5.74) is 2.04. The lowest BCUT2D eigenvalue weighted by molar-refractivity contribution is -0.130. The van der Waals surface area contributed by atoms with Gasteiger partial charge in [-0.05, 0) is 25.7 Å². The Balaban J connectivity index is 0.00000288. The Morgan fingerprint density at radius 1 is 1.29 bits per heavy atom. The fourth-order valence-electron chi connectivity index (χ4n) is 2.96. The maximum atomic E-state index is 12.0. The number of nitrogens with zero attached hydrogens (tertiary/aromatic N) is 3. The largest absolute Gasteiger partial charge is 0.341 e. The van der Waals surface area contributed by atoms with Crippen LogP contribution >= 0.6 is 24.0 Å². The summed E-state index contributed by atoms with van der Waals surface area (Å²) in [7, 11) is 0. The summed E-state index contributed by atoms with van der Waals surface area (Å²) in [4.78, 5) is 13.9. The van der Waals surface area contributed by atoms with Crippen LogP contribution in [0.25, 0.3) is 0 Å². The maximum Gasteiger partial charge on any atom is 0.222 e. The van der Waals surface area contributed by atoms with Crippen molar-refractivity contribution in [1.82, 2.24) is 20.0 Å². The van der Waals surface area contributed by atoms with E-state index in [9.17, 15) is 4.79 Å². The summed E-state index contributed by atoms with van der Waals surface area (Å²) in [6, 6.07) is 0. The van der Waals surface area contributed by atoms with Crippen molar-refractivity contribution in [3.05, 3.63) is 16.4 Å². The van der Waals surface area contributed by atoms with Gasteiger partial charge in [-0.15, -0.1) is 12.4 Å². The molecule has 0 aromatic carbocycles. The number of carbonyl (C=O) groups excluding carboxylic acids is 1. The number of aromatic nitrogens is 2. The molecule has 7 heteroatoms. The molecule has 1 fully saturated rings. The van der Waals surface area contributed by atoms with E-state index in [1.807, 2.05) is 16.5 Å². The summed E-state index contributed by atoms with van der Waals surface area (Å²) >= 11 is 6.44. The fraction of sp³-hybridized carbons (Fsp3) is 0.765. The van der Waals surface area contributed by atoms with Gasteiger partial charge < -0.3 is 10.2 Å². The zero-order valence-electron chi connectivity index (χ0n) is 15.0. The molecule has 2 rings (SSSR count). The normalized spacial score (nSPS) is 15.5. The Morgan fingerprint density at radius 2 is 2.04 bits per heavy atom. The first kappa shape index (κ1) is 21.3. The zero-order chi connectivity index (χ0) is 16.8. The highest BCUT2D eigenvalue weighted by Crippen LogP contribution is 2.20. The van der Waals surface area contributed by atoms with Gasteiger partial charge in [-0.2, -0.15) is 5.10 Å². The van der Waals surface area contributed by atoms with Gasteiger partial charge in [0.25, 0.3) is 0 Å². The molecule has 0 spiro atoms. The Bertz CT molecular complexity index is 531. The summed E-state index contributed by atoms with van der Waals surface area (Å²) in [5, 5.41) is 8.66. The molecule has 0 atom stereocenters. The molecule has 0 saturated carbocycles. The molecule has 1 aromatic heterocycles. The average Bonchev–Trinajstić information content (AvgIpc) is 2.65. The monoisotopic (exact) mass is 376 g/mol. The van der Waals surface area contributed by atoms with Crippen LogP contribution in [0.2, 0.25) is 5.15 Å². The number of halogens is 2. The Kier molecular flexibility index (Phi) is 9.09. The van der Waals surface area contributed by atoms with Crippen LogP contribution in [0.3, 0.4) is 0 Å². The van der Waals surface area contributed by atoms with Crippen molar-refractivity contribution in [2.75, 3.05) is 19.6 Å². The first-order valence-electron chi connectivity index (χ1n) is 8.69. The Labute approximate surface area is 156 Å². The predicted octanol–water partition coefficient (Wildman–Crippen LogP) is 3.41. The molecule has 1 N–H and O–H groups in total. The summed E-state index contributed by atoms with van der Waals surface area (Å²) in [5.74, 6) is 0.810. The quantitative estimate of drug-likeness (QED) is 0.741. The van der Waals surface area contributed by atoms with Crippen LogP contribution in [0, 0.1) is 12.8 Å². The number of hydrogen-bond acceptors (Lipinski definition) is 3. The minimum Gasteiger partial charge on any atom is -0.341 e. The van der Waals surface area contributed by atoms with Gasteiger partial charge in [0.1, 0.15) is 5.15 Å². The number of nitrogens with one attached hydrogen (secondary N) is 1. The molecule has 0 bridgehead atoms. The van der Waals surface area contributed by atoms with Gasteiger partial charge in [0, 0.05) is 44.7 Å². The van der Waals surface area contributed by atoms with Gasteiger partial charge in [0.2, 0.25) is 5.91 Å². The molecule has 138 valence electrons. The predicted molar refractivity (Wildman–Crippen MR) is 101 cm³/mol. The van der Waals surface area contributed by atoms with E-state index in [1.165, 1.54) is 6.42 Å². The highest BCUT2D eigenvalue weighted by Gasteiger charge is 2.17. The molecular formula is C17H30Cl2N4O. The SMILES string of the molecule is Cc1nn(CC(C)C)c(Cl)c1CNCCN1CCCCCC1=O.Cl. The highest BCUT2D eigenvalue weighted by atomic mass is 35.5. The number of aryl methyl sites for hydroxylation is 1. The second-order valence-corrected chi connectivity index (χ2v) is 7.16. The Hall–Kier alpha value is -0.780. The maximum absolute atomic E-state index is 12.0. The lowest BCUT2D eigenvalue weighted by Crippen LogP contribution is -2.36. The minimum atomic E-state index is 0. The van der Waals surface area contributed by atoms with Crippen LogP contribution in [0.1, 0.15) is 50.8 Å². The summed E-state index contributed by atoms with van der Waals surface area (Å²) in [6.45, 7) is 10.3. The number of likely N-dealkylation sites (tertiary alicyclic amines) is 1. The van der Waals surface area contributed by atoms with Gasteiger partial charge in [-0.1, -0.05) is 31.9 Å². The van der Waals surface area contributed by atoms with E-state index in [4.69, 9.17) is 11.6 Å². The van der Waals surface area contributed by atoms with E-state index >= 15 is 0 Å². The van der Waals surface area contributed by atoms with Gasteiger partial charge in [0.15, 0.2) is 0 Å². The second-order valence-electron chi connectivity index (χ2n) is 6.80. The van der Waals surface area contributed by atoms with Crippen LogP contribution in [0.15, 0.2) is 0 Å². The van der Waals surface area contributed by atoms with Gasteiger partial charge in [-0.3, -0.25) is 9.48 Å². The first-order valence-corrected chi connectivity index (χ1v) is 9.07. The first-order chi connectivity index (χ1) is 11.0. The van der Waals surface area contributed by atoms with Crippen molar-refractivity contribution in [3.63, 3.8) is 0 Å². The number of carbonyl (C=O) groups is 1. The molecule has 5 nitrogen and oxygen atoms in total. The number of hydrogen-bond donors (Lipinski definition) is 1. The van der Waals surface area contributed by atoms with Crippen LogP contribution in [-0.2, 0) is 17.9 Å². The van der Waals surface area contributed by atoms with Crippen molar-refractivity contribution in [2.24, 2.45) is 5.92 Å². The number of amides is 1. The smallest absolute Gasteiger partial charge is 0.222 e. The van der Waals surface area contributed by atoms with E-state index in [2.05, 4.69) is 24.3 Å². The molecule has 1 amide bonds. The standard InChI is InChI=1S/C17H29ClN4O.ClH/c1-13(2)12-22-17(18)15(14(3)20-22)11-19-8-10-21-9-6-4-5-7-16(21)23;/h13,19H,4-12H2,1-3H3;1H. The summed E-state index contributed by atoms with van der Waals surface area (Å²) < 4.78 is 1.89. The van der Waals surface area contributed by atoms with E-state index < -0.39 is 0 Å². The lowest BCUT2D eigenvalue weighted by Gasteiger charge is -2.20. The van der Waals surface area contributed by atoms with Crippen LogP contribution < -0.4 is 5.32 Å². The highest BCUT2D eigenvalue weighted by molar-refractivity contribution is 6.30. The van der Waals surface area contributed by atoms with E-state index in [1.54, 1.807) is 0 Å². The van der Waals surface area contributed by atoms with Crippen molar-refractivity contribution in [3.8, 4) is 0 Å². The van der Waals surface area contributed by atoms with Gasteiger partial charge in [0.05, 0.1) is 5.69 Å². The third kappa shape index (κ3) is 5.94. The molecular weight excluding hydrogens is 347 g/mol. The Morgan fingerprint density at radius 3 is 2.75 bits per heavy atom. The van der Waals surface area contributed by atoms with Crippen LogP contribution in [0.4, 0.5) is 0 Å². The minimum absolute atomic E-state index is 0. The fourth-order valence-corrected chi connectivity index (χ4v) is 3.27. The van der Waals surface area contributed by atoms with Crippen LogP contribution in [0.5, 0.6) is 0 Å². The molecule has 1 aliphatic heterocycles. The van der Waals surface area contributed by atoms with Crippen molar-refractivity contribution in [2.45, 2.75) is 59.5 Å². The zero-order valence-corrected chi connectivity index (χ0v) is 16.5. The third-order valence-corrected chi connectivity index (χ3v) is 4.68. The van der Waals surface area contributed by atoms with Gasteiger partial charge in [-0.25, -0.2) is 0 Å². The molecule has 2 heterocycles. The van der Waals surface area contributed by atoms with E-state index in [0.717, 1.165) is 55.4 Å². The van der Waals surface area contributed by atoms with Crippen LogP contribution in [-0.4, -0.2) is 40.2 Å². The lowest BCUT2D eigenvalue weighted by atomic mass is 10.2. The third-order valence-electron chi connectivity index (χ3n) is 4.25. The topological polar surface area (TPSA) is 50.2 Å². The molecule has 0 unspecified atom stereocenters. The molecule has 24 heavy (non-hydrogen) atoms. The van der Waals surface area contributed by atoms with Crippen molar-refractivity contribution in [1.29, 1.82) is 0 Å². The molecule has 1 aromatic rings. The molecule has 1 aliphatic rings. The van der Waals surface area contributed by atoms with E-state index in [0.29, 0.717) is 24.8 Å². The number of rotatable bonds is 7. The van der Waals surface area contributed by atoms with Crippen molar-refractivity contribution >= 4 is 29.9 Å². The van der Waals surface area contributed by atoms with Gasteiger partial charge >= 0.3 is 0 Å². The molecule has 0 radical (unpaired) electrons. The second kappa shape index (κ2) is 10.3.